The molecule has 104 valence electrons. The summed E-state index contributed by atoms with van der Waals surface area (Å²) in [5.74, 6) is 0.308. The molecule has 1 aliphatic rings. The molecular formula is C13H16Cl2N2OS. The predicted octanol–water partition coefficient (Wildman–Crippen LogP) is 3.39. The van der Waals surface area contributed by atoms with Gasteiger partial charge in [0.15, 0.2) is 5.11 Å². The van der Waals surface area contributed by atoms with E-state index in [0.29, 0.717) is 21.1 Å². The van der Waals surface area contributed by atoms with Crippen LogP contribution >= 0.6 is 35.4 Å². The van der Waals surface area contributed by atoms with E-state index in [1.54, 1.807) is 12.1 Å². The van der Waals surface area contributed by atoms with Crippen molar-refractivity contribution in [2.75, 3.05) is 25.0 Å². The second-order valence-electron chi connectivity index (χ2n) is 4.70. The van der Waals surface area contributed by atoms with Gasteiger partial charge in [0, 0.05) is 25.4 Å². The first-order valence-electron chi connectivity index (χ1n) is 6.22. The topological polar surface area (TPSA) is 35.5 Å². The Morgan fingerprint density at radius 2 is 2.21 bits per heavy atom. The summed E-state index contributed by atoms with van der Waals surface area (Å²) in [6, 6.07) is 5.33. The summed E-state index contributed by atoms with van der Waals surface area (Å²) in [5, 5.41) is 14.1. The number of hydrogen-bond donors (Lipinski definition) is 2. The molecule has 3 nitrogen and oxygen atoms in total. The summed E-state index contributed by atoms with van der Waals surface area (Å²) in [6.45, 7) is 1.93. The average molecular weight is 319 g/mol. The molecule has 19 heavy (non-hydrogen) atoms. The molecule has 0 saturated carbocycles. The fourth-order valence-electron chi connectivity index (χ4n) is 2.17. The van der Waals surface area contributed by atoms with Crippen LogP contribution in [0.4, 0.5) is 5.69 Å². The maximum atomic E-state index is 9.22. The quantitative estimate of drug-likeness (QED) is 0.819. The zero-order valence-corrected chi connectivity index (χ0v) is 12.7. The maximum Gasteiger partial charge on any atom is 0.173 e. The molecule has 6 heteroatoms. The van der Waals surface area contributed by atoms with Crippen LogP contribution in [-0.2, 0) is 0 Å². The molecule has 0 amide bonds. The van der Waals surface area contributed by atoms with Crippen LogP contribution in [0.2, 0.25) is 10.0 Å². The van der Waals surface area contributed by atoms with E-state index in [-0.39, 0.29) is 6.61 Å². The minimum atomic E-state index is 0.214. The van der Waals surface area contributed by atoms with E-state index in [4.69, 9.17) is 35.4 Å². The Labute approximate surface area is 128 Å². The summed E-state index contributed by atoms with van der Waals surface area (Å²) in [7, 11) is 0. The van der Waals surface area contributed by atoms with Crippen LogP contribution in [0.25, 0.3) is 0 Å². The van der Waals surface area contributed by atoms with Crippen molar-refractivity contribution in [2.45, 2.75) is 12.8 Å². The largest absolute Gasteiger partial charge is 0.396 e. The third-order valence-electron chi connectivity index (χ3n) is 3.24. The van der Waals surface area contributed by atoms with Crippen molar-refractivity contribution >= 4 is 46.2 Å². The second kappa shape index (κ2) is 6.75. The second-order valence-corrected chi connectivity index (χ2v) is 5.90. The molecule has 1 unspecified atom stereocenters. The highest BCUT2D eigenvalue weighted by Gasteiger charge is 2.21. The van der Waals surface area contributed by atoms with Gasteiger partial charge >= 0.3 is 0 Å². The summed E-state index contributed by atoms with van der Waals surface area (Å²) in [5.41, 5.74) is 0.825. The van der Waals surface area contributed by atoms with Crippen molar-refractivity contribution in [1.82, 2.24) is 4.90 Å². The average Bonchev–Trinajstić information content (AvgIpc) is 2.43. The molecule has 1 heterocycles. The first-order chi connectivity index (χ1) is 9.10. The molecule has 2 rings (SSSR count). The number of benzene rings is 1. The highest BCUT2D eigenvalue weighted by molar-refractivity contribution is 7.80. The minimum absolute atomic E-state index is 0.214. The number of piperidine rings is 1. The molecular weight excluding hydrogens is 303 g/mol. The van der Waals surface area contributed by atoms with E-state index in [1.807, 2.05) is 6.07 Å². The van der Waals surface area contributed by atoms with Gasteiger partial charge in [-0.3, -0.25) is 0 Å². The van der Waals surface area contributed by atoms with Gasteiger partial charge in [-0.15, -0.1) is 0 Å². The Morgan fingerprint density at radius 1 is 1.42 bits per heavy atom. The maximum absolute atomic E-state index is 9.22. The molecule has 1 saturated heterocycles. The number of nitrogens with zero attached hydrogens (tertiary/aromatic N) is 1. The minimum Gasteiger partial charge on any atom is -0.396 e. The third kappa shape index (κ3) is 3.96. The van der Waals surface area contributed by atoms with Crippen molar-refractivity contribution in [3.63, 3.8) is 0 Å². The van der Waals surface area contributed by atoms with Crippen molar-refractivity contribution in [1.29, 1.82) is 0 Å². The Balaban J connectivity index is 1.98. The Bertz CT molecular complexity index is 470. The summed E-state index contributed by atoms with van der Waals surface area (Å²) < 4.78 is 0. The number of aliphatic hydroxyl groups is 1. The fourth-order valence-corrected chi connectivity index (χ4v) is 2.76. The van der Waals surface area contributed by atoms with E-state index in [2.05, 4.69) is 10.2 Å². The van der Waals surface area contributed by atoms with E-state index < -0.39 is 0 Å². The number of likely N-dealkylation sites (tertiary alicyclic amines) is 1. The number of rotatable bonds is 2. The molecule has 0 aromatic heterocycles. The molecule has 1 aromatic carbocycles. The number of halogens is 2. The zero-order chi connectivity index (χ0) is 13.8. The fraction of sp³-hybridized carbons (Fsp3) is 0.462. The lowest BCUT2D eigenvalue weighted by molar-refractivity contribution is 0.162. The van der Waals surface area contributed by atoms with Gasteiger partial charge in [0.2, 0.25) is 0 Å². The highest BCUT2D eigenvalue weighted by atomic mass is 35.5. The molecule has 1 aliphatic heterocycles. The van der Waals surface area contributed by atoms with Gasteiger partial charge in [0.05, 0.1) is 10.0 Å². The monoisotopic (exact) mass is 318 g/mol. The SMILES string of the molecule is OCC1CCCN(C(=S)Nc2ccc(Cl)c(Cl)c2)C1. The standard InChI is InChI=1S/C13H16Cl2N2OS/c14-11-4-3-10(6-12(11)15)16-13(19)17-5-1-2-9(7-17)8-18/h3-4,6,9,18H,1-2,5,7-8H2,(H,16,19). The number of aliphatic hydroxyl groups excluding tert-OH is 1. The molecule has 2 N–H and O–H groups in total. The van der Waals surface area contributed by atoms with Crippen molar-refractivity contribution < 1.29 is 5.11 Å². The van der Waals surface area contributed by atoms with Gasteiger partial charge in [-0.1, -0.05) is 23.2 Å². The van der Waals surface area contributed by atoms with Crippen LogP contribution in [0.5, 0.6) is 0 Å². The molecule has 0 bridgehead atoms. The van der Waals surface area contributed by atoms with Crippen molar-refractivity contribution in [3.8, 4) is 0 Å². The Hall–Kier alpha value is -0.550. The number of anilines is 1. The number of hydrogen-bond acceptors (Lipinski definition) is 2. The lowest BCUT2D eigenvalue weighted by Gasteiger charge is -2.33. The number of nitrogens with one attached hydrogen (secondary N) is 1. The zero-order valence-electron chi connectivity index (χ0n) is 10.4. The molecule has 0 spiro atoms. The number of thiocarbonyl (C=S) groups is 1. The van der Waals surface area contributed by atoms with Gasteiger partial charge in [-0.2, -0.15) is 0 Å². The summed E-state index contributed by atoms with van der Waals surface area (Å²) >= 11 is 17.2. The predicted molar refractivity (Wildman–Crippen MR) is 84.1 cm³/mol. The van der Waals surface area contributed by atoms with Gasteiger partial charge in [0.1, 0.15) is 0 Å². The van der Waals surface area contributed by atoms with Crippen molar-refractivity contribution in [2.24, 2.45) is 5.92 Å². The van der Waals surface area contributed by atoms with Gasteiger partial charge in [-0.05, 0) is 49.2 Å². The van der Waals surface area contributed by atoms with Crippen LogP contribution < -0.4 is 5.32 Å². The molecule has 0 radical (unpaired) electrons. The smallest absolute Gasteiger partial charge is 0.173 e. The van der Waals surface area contributed by atoms with Gasteiger partial charge in [0.25, 0.3) is 0 Å². The van der Waals surface area contributed by atoms with Crippen LogP contribution in [0.3, 0.4) is 0 Å². The summed E-state index contributed by atoms with van der Waals surface area (Å²) in [4.78, 5) is 2.09. The van der Waals surface area contributed by atoms with Crippen LogP contribution in [0, 0.1) is 5.92 Å². The van der Waals surface area contributed by atoms with Crippen LogP contribution in [-0.4, -0.2) is 34.8 Å². The van der Waals surface area contributed by atoms with E-state index >= 15 is 0 Å². The molecule has 1 atom stereocenters. The van der Waals surface area contributed by atoms with Gasteiger partial charge in [-0.25, -0.2) is 0 Å². The first-order valence-corrected chi connectivity index (χ1v) is 7.38. The lowest BCUT2D eigenvalue weighted by Crippen LogP contribution is -2.43. The molecule has 1 fully saturated rings. The third-order valence-corrected chi connectivity index (χ3v) is 4.33. The molecule has 1 aromatic rings. The van der Waals surface area contributed by atoms with Crippen LogP contribution in [0.15, 0.2) is 18.2 Å². The normalized spacial score (nSPS) is 19.3. The lowest BCUT2D eigenvalue weighted by atomic mass is 9.99. The van der Waals surface area contributed by atoms with Gasteiger partial charge < -0.3 is 15.3 Å². The van der Waals surface area contributed by atoms with Crippen LogP contribution in [0.1, 0.15) is 12.8 Å². The van der Waals surface area contributed by atoms with E-state index in [0.717, 1.165) is 31.6 Å². The van der Waals surface area contributed by atoms with Crippen molar-refractivity contribution in [3.05, 3.63) is 28.2 Å². The van der Waals surface area contributed by atoms with E-state index in [9.17, 15) is 5.11 Å². The Morgan fingerprint density at radius 3 is 2.89 bits per heavy atom. The van der Waals surface area contributed by atoms with E-state index in [1.165, 1.54) is 0 Å². The first kappa shape index (κ1) is 14.9. The molecule has 0 aliphatic carbocycles. The Kier molecular flexibility index (Phi) is 5.28. The highest BCUT2D eigenvalue weighted by Crippen LogP contribution is 2.25. The summed E-state index contributed by atoms with van der Waals surface area (Å²) in [6.07, 6.45) is 2.11.